The van der Waals surface area contributed by atoms with Crippen LogP contribution in [0.1, 0.15) is 11.6 Å². The van der Waals surface area contributed by atoms with Crippen molar-refractivity contribution in [3.63, 3.8) is 0 Å². The van der Waals surface area contributed by atoms with Gasteiger partial charge in [0.15, 0.2) is 6.79 Å². The number of ether oxygens (including phenoxy) is 1. The van der Waals surface area contributed by atoms with Gasteiger partial charge in [-0.25, -0.2) is 0 Å². The largest absolute Gasteiger partial charge is 0.468 e. The van der Waals surface area contributed by atoms with Crippen LogP contribution in [0.3, 0.4) is 0 Å². The summed E-state index contributed by atoms with van der Waals surface area (Å²) in [6.45, 7) is 2.23. The molecule has 4 nitrogen and oxygen atoms in total. The second kappa shape index (κ2) is 7.41. The molecule has 0 aromatic heterocycles. The Morgan fingerprint density at radius 1 is 1.17 bits per heavy atom. The molecule has 0 amide bonds. The summed E-state index contributed by atoms with van der Waals surface area (Å²) >= 11 is 12.4. The lowest BCUT2D eigenvalue weighted by Crippen LogP contribution is -2.46. The van der Waals surface area contributed by atoms with Gasteiger partial charge in [-0.2, -0.15) is 0 Å². The summed E-state index contributed by atoms with van der Waals surface area (Å²) in [4.78, 5) is 2.28. The van der Waals surface area contributed by atoms with Gasteiger partial charge < -0.3 is 20.1 Å². The fourth-order valence-corrected chi connectivity index (χ4v) is 3.27. The summed E-state index contributed by atoms with van der Waals surface area (Å²) in [5.41, 5.74) is 2.15. The summed E-state index contributed by atoms with van der Waals surface area (Å²) in [6.07, 6.45) is 0. The van der Waals surface area contributed by atoms with Crippen molar-refractivity contribution in [2.75, 3.05) is 31.3 Å². The monoisotopic (exact) mass is 352 g/mol. The quantitative estimate of drug-likeness (QED) is 0.827. The van der Waals surface area contributed by atoms with Gasteiger partial charge in [0, 0.05) is 30.7 Å². The highest BCUT2D eigenvalue weighted by molar-refractivity contribution is 6.33. The third-order valence-corrected chi connectivity index (χ3v) is 4.51. The van der Waals surface area contributed by atoms with Gasteiger partial charge in [0.05, 0.1) is 16.8 Å². The number of aliphatic hydroxyl groups is 1. The predicted octanol–water partition coefficient (Wildman–Crippen LogP) is 3.47. The second-order valence-electron chi connectivity index (χ2n) is 5.35. The molecular formula is C17H18Cl2N2O2. The molecule has 0 radical (unpaired) electrons. The first-order valence-corrected chi connectivity index (χ1v) is 8.20. The van der Waals surface area contributed by atoms with Crippen molar-refractivity contribution in [1.29, 1.82) is 0 Å². The first-order valence-electron chi connectivity index (χ1n) is 7.45. The standard InChI is InChI=1S/C17H18Cl2N2O2/c18-13-3-1-12(2-4-13)17-10-20-7-8-21(17)16-6-5-14(23-11-22)9-15(16)19/h1-6,9,17,20,22H,7-8,10-11H2/t17-/m0/s1. The minimum atomic E-state index is -0.364. The Balaban J connectivity index is 1.90. The zero-order valence-electron chi connectivity index (χ0n) is 12.5. The summed E-state index contributed by atoms with van der Waals surface area (Å²) in [6, 6.07) is 13.6. The normalized spacial score (nSPS) is 18.0. The summed E-state index contributed by atoms with van der Waals surface area (Å²) in [5.74, 6) is 0.555. The Bertz CT molecular complexity index is 664. The molecule has 0 saturated carbocycles. The van der Waals surface area contributed by atoms with Crippen LogP contribution >= 0.6 is 23.2 Å². The third kappa shape index (κ3) is 3.72. The van der Waals surface area contributed by atoms with E-state index in [2.05, 4.69) is 10.2 Å². The molecule has 1 fully saturated rings. The molecule has 2 aromatic rings. The van der Waals surface area contributed by atoms with Gasteiger partial charge >= 0.3 is 0 Å². The van der Waals surface area contributed by atoms with Crippen LogP contribution in [0.5, 0.6) is 5.75 Å². The van der Waals surface area contributed by atoms with E-state index >= 15 is 0 Å². The van der Waals surface area contributed by atoms with Crippen LogP contribution < -0.4 is 15.0 Å². The van der Waals surface area contributed by atoms with Gasteiger partial charge in [-0.15, -0.1) is 0 Å². The molecule has 122 valence electrons. The molecule has 1 aliphatic heterocycles. The lowest BCUT2D eigenvalue weighted by Gasteiger charge is -2.39. The van der Waals surface area contributed by atoms with E-state index in [-0.39, 0.29) is 12.8 Å². The summed E-state index contributed by atoms with van der Waals surface area (Å²) in [7, 11) is 0. The minimum Gasteiger partial charge on any atom is -0.468 e. The molecule has 0 spiro atoms. The number of hydrogen-bond acceptors (Lipinski definition) is 4. The number of rotatable bonds is 4. The minimum absolute atomic E-state index is 0.183. The van der Waals surface area contributed by atoms with Crippen LogP contribution in [0.15, 0.2) is 42.5 Å². The smallest absolute Gasteiger partial charge is 0.186 e. The van der Waals surface area contributed by atoms with Crippen molar-refractivity contribution in [2.45, 2.75) is 6.04 Å². The first kappa shape index (κ1) is 16.4. The van der Waals surface area contributed by atoms with E-state index in [4.69, 9.17) is 33.0 Å². The van der Waals surface area contributed by atoms with Crippen LogP contribution in [0, 0.1) is 0 Å². The second-order valence-corrected chi connectivity index (χ2v) is 6.20. The van der Waals surface area contributed by atoms with Crippen molar-refractivity contribution >= 4 is 28.9 Å². The maximum Gasteiger partial charge on any atom is 0.186 e. The fraction of sp³-hybridized carbons (Fsp3) is 0.294. The van der Waals surface area contributed by atoms with E-state index in [0.717, 1.165) is 30.3 Å². The molecule has 6 heteroatoms. The Morgan fingerprint density at radius 2 is 1.96 bits per heavy atom. The van der Waals surface area contributed by atoms with Crippen LogP contribution in [-0.4, -0.2) is 31.5 Å². The number of piperazine rings is 1. The molecule has 2 N–H and O–H groups in total. The zero-order chi connectivity index (χ0) is 16.2. The molecule has 3 rings (SSSR count). The first-order chi connectivity index (χ1) is 11.2. The van der Waals surface area contributed by atoms with Gasteiger partial charge in [-0.3, -0.25) is 0 Å². The Hall–Kier alpha value is -1.46. The molecule has 2 aromatic carbocycles. The Morgan fingerprint density at radius 3 is 2.65 bits per heavy atom. The number of benzene rings is 2. The van der Waals surface area contributed by atoms with Crippen LogP contribution in [0.4, 0.5) is 5.69 Å². The summed E-state index contributed by atoms with van der Waals surface area (Å²) < 4.78 is 5.08. The number of nitrogens with one attached hydrogen (secondary N) is 1. The van der Waals surface area contributed by atoms with Gasteiger partial charge in [0.1, 0.15) is 5.75 Å². The average Bonchev–Trinajstić information content (AvgIpc) is 2.56. The average molecular weight is 353 g/mol. The van der Waals surface area contributed by atoms with Crippen LogP contribution in [-0.2, 0) is 0 Å². The molecule has 1 atom stereocenters. The van der Waals surface area contributed by atoms with Gasteiger partial charge in [0.25, 0.3) is 0 Å². The van der Waals surface area contributed by atoms with Crippen molar-refractivity contribution in [3.05, 3.63) is 58.1 Å². The van der Waals surface area contributed by atoms with E-state index in [9.17, 15) is 0 Å². The van der Waals surface area contributed by atoms with Crippen molar-refractivity contribution in [3.8, 4) is 5.75 Å². The molecular weight excluding hydrogens is 335 g/mol. The van der Waals surface area contributed by atoms with E-state index in [1.807, 2.05) is 36.4 Å². The lowest BCUT2D eigenvalue weighted by molar-refractivity contribution is 0.0986. The van der Waals surface area contributed by atoms with Crippen molar-refractivity contribution in [1.82, 2.24) is 5.32 Å². The van der Waals surface area contributed by atoms with Crippen LogP contribution in [0.2, 0.25) is 10.0 Å². The predicted molar refractivity (Wildman–Crippen MR) is 93.6 cm³/mol. The molecule has 1 aliphatic rings. The molecule has 23 heavy (non-hydrogen) atoms. The van der Waals surface area contributed by atoms with E-state index in [1.54, 1.807) is 6.07 Å². The SMILES string of the molecule is OCOc1ccc(N2CCNC[C@H]2c2ccc(Cl)cc2)c(Cl)c1. The fourth-order valence-electron chi connectivity index (χ4n) is 2.86. The van der Waals surface area contributed by atoms with Gasteiger partial charge in [0.2, 0.25) is 0 Å². The highest BCUT2D eigenvalue weighted by Crippen LogP contribution is 2.36. The lowest BCUT2D eigenvalue weighted by atomic mass is 10.0. The maximum absolute atomic E-state index is 8.85. The molecule has 0 unspecified atom stereocenters. The van der Waals surface area contributed by atoms with Gasteiger partial charge in [-0.05, 0) is 29.8 Å². The Kier molecular flexibility index (Phi) is 5.28. The van der Waals surface area contributed by atoms with Gasteiger partial charge in [-0.1, -0.05) is 35.3 Å². The maximum atomic E-state index is 8.85. The summed E-state index contributed by atoms with van der Waals surface area (Å²) in [5, 5.41) is 13.6. The number of nitrogens with zero attached hydrogens (tertiary/aromatic N) is 1. The number of aliphatic hydroxyl groups excluding tert-OH is 1. The highest BCUT2D eigenvalue weighted by atomic mass is 35.5. The Labute approximate surface area is 145 Å². The van der Waals surface area contributed by atoms with E-state index in [0.29, 0.717) is 10.8 Å². The molecule has 1 saturated heterocycles. The van der Waals surface area contributed by atoms with Crippen LogP contribution in [0.25, 0.3) is 0 Å². The van der Waals surface area contributed by atoms with E-state index < -0.39 is 0 Å². The van der Waals surface area contributed by atoms with E-state index in [1.165, 1.54) is 5.56 Å². The zero-order valence-corrected chi connectivity index (χ0v) is 14.0. The molecule has 0 bridgehead atoms. The third-order valence-electron chi connectivity index (χ3n) is 3.96. The number of anilines is 1. The molecule has 1 heterocycles. The van der Waals surface area contributed by atoms with Crippen molar-refractivity contribution < 1.29 is 9.84 Å². The molecule has 0 aliphatic carbocycles. The number of halogens is 2. The highest BCUT2D eigenvalue weighted by Gasteiger charge is 2.25. The van der Waals surface area contributed by atoms with Crippen molar-refractivity contribution in [2.24, 2.45) is 0 Å². The number of hydrogen-bond donors (Lipinski definition) is 2. The topological polar surface area (TPSA) is 44.7 Å².